The molecule has 0 unspecified atom stereocenters. The molecule has 0 saturated heterocycles. The van der Waals surface area contributed by atoms with Gasteiger partial charge >= 0.3 is 0 Å². The van der Waals surface area contributed by atoms with E-state index in [0.29, 0.717) is 4.88 Å². The Morgan fingerprint density at radius 1 is 1.32 bits per heavy atom. The number of rotatable bonds is 4. The summed E-state index contributed by atoms with van der Waals surface area (Å²) >= 11 is 1.41. The van der Waals surface area contributed by atoms with Gasteiger partial charge in [0.25, 0.3) is 0 Å². The number of allylic oxidation sites excluding steroid dienone is 1. The molecule has 0 aliphatic carbocycles. The first-order valence-electron chi connectivity index (χ1n) is 5.84. The lowest BCUT2D eigenvalue weighted by molar-refractivity contribution is 0.104. The van der Waals surface area contributed by atoms with Gasteiger partial charge < -0.3 is 4.90 Å². The van der Waals surface area contributed by atoms with Crippen LogP contribution in [0, 0.1) is 6.92 Å². The summed E-state index contributed by atoms with van der Waals surface area (Å²) in [6.07, 6.45) is 6.75. The number of thiazole rings is 1. The van der Waals surface area contributed by atoms with Crippen LogP contribution in [0.5, 0.6) is 0 Å². The van der Waals surface area contributed by atoms with Gasteiger partial charge in [0.15, 0.2) is 5.78 Å². The Kier molecular flexibility index (Phi) is 4.06. The highest BCUT2D eigenvalue weighted by Crippen LogP contribution is 2.27. The Morgan fingerprint density at radius 3 is 2.63 bits per heavy atom. The Morgan fingerprint density at radius 2 is 2.00 bits per heavy atom. The smallest absolute Gasteiger partial charge is 0.199 e. The van der Waals surface area contributed by atoms with Crippen molar-refractivity contribution in [2.24, 2.45) is 0 Å². The second-order valence-electron chi connectivity index (χ2n) is 4.31. The highest BCUT2D eigenvalue weighted by Gasteiger charge is 2.14. The van der Waals surface area contributed by atoms with Crippen molar-refractivity contribution in [3.8, 4) is 10.6 Å². The number of ketones is 1. The fourth-order valence-electron chi connectivity index (χ4n) is 1.54. The number of carbonyl (C=O) groups excluding carboxylic acids is 1. The summed E-state index contributed by atoms with van der Waals surface area (Å²) in [6.45, 7) is 1.86. The number of nitrogens with zero attached hydrogens (tertiary/aromatic N) is 3. The van der Waals surface area contributed by atoms with Crippen LogP contribution in [0.3, 0.4) is 0 Å². The van der Waals surface area contributed by atoms with E-state index in [1.165, 1.54) is 11.3 Å². The molecule has 98 valence electrons. The Labute approximate surface area is 116 Å². The molecule has 0 radical (unpaired) electrons. The van der Waals surface area contributed by atoms with E-state index in [2.05, 4.69) is 9.97 Å². The van der Waals surface area contributed by atoms with Gasteiger partial charge in [-0.25, -0.2) is 4.98 Å². The molecule has 0 aliphatic rings. The van der Waals surface area contributed by atoms with Crippen molar-refractivity contribution in [2.75, 3.05) is 14.1 Å². The highest BCUT2D eigenvalue weighted by atomic mass is 32.1. The van der Waals surface area contributed by atoms with E-state index in [1.807, 2.05) is 38.1 Å². The van der Waals surface area contributed by atoms with Gasteiger partial charge in [0.05, 0.1) is 10.6 Å². The highest BCUT2D eigenvalue weighted by molar-refractivity contribution is 7.17. The fourth-order valence-corrected chi connectivity index (χ4v) is 2.53. The Hall–Kier alpha value is -2.01. The molecular weight excluding hydrogens is 258 g/mol. The van der Waals surface area contributed by atoms with E-state index in [1.54, 1.807) is 24.7 Å². The molecular formula is C14H15N3OS. The molecule has 5 heteroatoms. The molecule has 0 atom stereocenters. The van der Waals surface area contributed by atoms with Crippen LogP contribution in [-0.2, 0) is 0 Å². The van der Waals surface area contributed by atoms with Crippen LogP contribution in [0.15, 0.2) is 36.8 Å². The predicted molar refractivity (Wildman–Crippen MR) is 77.2 cm³/mol. The van der Waals surface area contributed by atoms with Gasteiger partial charge in [-0.15, -0.1) is 11.3 Å². The van der Waals surface area contributed by atoms with E-state index in [0.717, 1.165) is 16.3 Å². The van der Waals surface area contributed by atoms with Crippen LogP contribution in [0.2, 0.25) is 0 Å². The van der Waals surface area contributed by atoms with Crippen molar-refractivity contribution in [3.05, 3.63) is 47.4 Å². The van der Waals surface area contributed by atoms with Crippen molar-refractivity contribution in [2.45, 2.75) is 6.92 Å². The zero-order chi connectivity index (χ0) is 13.8. The Balaban J connectivity index is 2.29. The first-order chi connectivity index (χ1) is 9.08. The molecule has 2 rings (SSSR count). The summed E-state index contributed by atoms with van der Waals surface area (Å²) < 4.78 is 0. The van der Waals surface area contributed by atoms with E-state index < -0.39 is 0 Å². The average molecular weight is 273 g/mol. The zero-order valence-electron chi connectivity index (χ0n) is 11.1. The van der Waals surface area contributed by atoms with Gasteiger partial charge in [0.2, 0.25) is 0 Å². The van der Waals surface area contributed by atoms with Crippen molar-refractivity contribution in [1.82, 2.24) is 14.9 Å². The number of hydrogen-bond acceptors (Lipinski definition) is 5. The summed E-state index contributed by atoms with van der Waals surface area (Å²) in [4.78, 5) is 23.0. The third-order valence-electron chi connectivity index (χ3n) is 2.47. The lowest BCUT2D eigenvalue weighted by atomic mass is 10.2. The second-order valence-corrected chi connectivity index (χ2v) is 5.31. The van der Waals surface area contributed by atoms with Crippen molar-refractivity contribution < 1.29 is 4.79 Å². The fraction of sp³-hybridized carbons (Fsp3) is 0.214. The molecule has 0 aliphatic heterocycles. The summed E-state index contributed by atoms with van der Waals surface area (Å²) in [7, 11) is 3.76. The minimum atomic E-state index is -0.0102. The second kappa shape index (κ2) is 5.75. The lowest BCUT2D eigenvalue weighted by Crippen LogP contribution is -2.02. The topological polar surface area (TPSA) is 46.1 Å². The van der Waals surface area contributed by atoms with Gasteiger partial charge in [-0.05, 0) is 19.1 Å². The molecule has 2 aromatic rings. The molecule has 4 nitrogen and oxygen atoms in total. The van der Waals surface area contributed by atoms with Crippen LogP contribution < -0.4 is 0 Å². The molecule has 19 heavy (non-hydrogen) atoms. The van der Waals surface area contributed by atoms with E-state index in [-0.39, 0.29) is 5.78 Å². The summed E-state index contributed by atoms with van der Waals surface area (Å²) in [6, 6.07) is 3.78. The lowest BCUT2D eigenvalue weighted by Gasteiger charge is -2.01. The molecule has 2 aromatic heterocycles. The van der Waals surface area contributed by atoms with Crippen LogP contribution in [0.1, 0.15) is 15.4 Å². The number of hydrogen-bond donors (Lipinski definition) is 0. The third kappa shape index (κ3) is 3.26. The molecule has 0 aromatic carbocycles. The number of aromatic nitrogens is 2. The molecule has 0 fully saturated rings. The standard InChI is InChI=1S/C14H15N3OS/c1-10-13(12(18)6-9-17(2)3)19-14(16-10)11-4-7-15-8-5-11/h4-9H,1-3H3/b9-6-. The Bertz CT molecular complexity index is 602. The largest absolute Gasteiger partial charge is 0.383 e. The average Bonchev–Trinajstić information content (AvgIpc) is 2.79. The maximum absolute atomic E-state index is 12.1. The predicted octanol–water partition coefficient (Wildman–Crippen LogP) is 2.77. The van der Waals surface area contributed by atoms with Crippen molar-refractivity contribution in [3.63, 3.8) is 0 Å². The summed E-state index contributed by atoms with van der Waals surface area (Å²) in [5, 5.41) is 0.849. The van der Waals surface area contributed by atoms with Crippen LogP contribution >= 0.6 is 11.3 Å². The monoisotopic (exact) mass is 273 g/mol. The normalized spacial score (nSPS) is 10.9. The molecule has 0 saturated carbocycles. The third-order valence-corrected chi connectivity index (χ3v) is 3.69. The maximum atomic E-state index is 12.1. The van der Waals surface area contributed by atoms with Crippen LogP contribution in [0.25, 0.3) is 10.6 Å². The van der Waals surface area contributed by atoms with Crippen LogP contribution in [0.4, 0.5) is 0 Å². The first-order valence-corrected chi connectivity index (χ1v) is 6.66. The molecule has 2 heterocycles. The van der Waals surface area contributed by atoms with E-state index in [4.69, 9.17) is 0 Å². The van der Waals surface area contributed by atoms with Gasteiger partial charge in [-0.1, -0.05) is 0 Å². The van der Waals surface area contributed by atoms with Gasteiger partial charge in [0, 0.05) is 44.3 Å². The quantitative estimate of drug-likeness (QED) is 0.635. The maximum Gasteiger partial charge on any atom is 0.199 e. The minimum Gasteiger partial charge on any atom is -0.383 e. The van der Waals surface area contributed by atoms with Crippen LogP contribution in [-0.4, -0.2) is 34.7 Å². The molecule has 0 bridgehead atoms. The summed E-state index contributed by atoms with van der Waals surface area (Å²) in [5.74, 6) is -0.0102. The van der Waals surface area contributed by atoms with Crippen molar-refractivity contribution >= 4 is 17.1 Å². The van der Waals surface area contributed by atoms with Crippen molar-refractivity contribution in [1.29, 1.82) is 0 Å². The summed E-state index contributed by atoms with van der Waals surface area (Å²) in [5.41, 5.74) is 1.75. The SMILES string of the molecule is Cc1nc(-c2ccncc2)sc1C(=O)/C=C\N(C)C. The van der Waals surface area contributed by atoms with Gasteiger partial charge in [0.1, 0.15) is 5.01 Å². The molecule has 0 amide bonds. The number of pyridine rings is 1. The zero-order valence-corrected chi connectivity index (χ0v) is 11.9. The number of aryl methyl sites for hydroxylation is 1. The molecule has 0 N–H and O–H groups in total. The van der Waals surface area contributed by atoms with E-state index in [9.17, 15) is 4.79 Å². The minimum absolute atomic E-state index is 0.0102. The first kappa shape index (κ1) is 13.4. The number of carbonyl (C=O) groups is 1. The van der Waals surface area contributed by atoms with Gasteiger partial charge in [-0.3, -0.25) is 9.78 Å². The van der Waals surface area contributed by atoms with E-state index >= 15 is 0 Å². The van der Waals surface area contributed by atoms with Gasteiger partial charge in [-0.2, -0.15) is 0 Å². The molecule has 0 spiro atoms.